The van der Waals surface area contributed by atoms with E-state index in [0.29, 0.717) is 12.1 Å². The second-order valence-corrected chi connectivity index (χ2v) is 3.73. The fraction of sp³-hybridized carbons (Fsp3) is 0.385. The van der Waals surface area contributed by atoms with Gasteiger partial charge in [0.2, 0.25) is 0 Å². The summed E-state index contributed by atoms with van der Waals surface area (Å²) in [5.74, 6) is 0. The predicted molar refractivity (Wildman–Crippen MR) is 63.6 cm³/mol. The Morgan fingerprint density at radius 3 is 2.71 bits per heavy atom. The quantitative estimate of drug-likeness (QED) is 0.777. The van der Waals surface area contributed by atoms with Gasteiger partial charge in [0.15, 0.2) is 0 Å². The molecule has 0 saturated carbocycles. The number of benzene rings is 1. The van der Waals surface area contributed by atoms with Gasteiger partial charge in [0.05, 0.1) is 5.56 Å². The zero-order valence-electron chi connectivity index (χ0n) is 9.72. The minimum absolute atomic E-state index is 0.568. The number of alkyl halides is 3. The molecule has 0 spiro atoms. The lowest BCUT2D eigenvalue weighted by atomic mass is 10.1. The van der Waals surface area contributed by atoms with Crippen LogP contribution in [-0.2, 0) is 6.18 Å². The van der Waals surface area contributed by atoms with Gasteiger partial charge in [0.1, 0.15) is 0 Å². The van der Waals surface area contributed by atoms with E-state index in [9.17, 15) is 13.2 Å². The molecule has 0 aliphatic rings. The molecule has 1 N–H and O–H groups in total. The summed E-state index contributed by atoms with van der Waals surface area (Å²) in [6, 6.07) is 5.30. The molecule has 0 heterocycles. The first-order valence-electron chi connectivity index (χ1n) is 5.58. The molecule has 1 aromatic rings. The van der Waals surface area contributed by atoms with E-state index in [1.165, 1.54) is 6.07 Å². The van der Waals surface area contributed by atoms with Crippen molar-refractivity contribution < 1.29 is 13.2 Å². The zero-order chi connectivity index (χ0) is 12.7. The van der Waals surface area contributed by atoms with Gasteiger partial charge in [-0.1, -0.05) is 31.2 Å². The van der Waals surface area contributed by atoms with Crippen molar-refractivity contribution in [2.24, 2.45) is 0 Å². The van der Waals surface area contributed by atoms with Crippen molar-refractivity contribution in [2.75, 3.05) is 13.1 Å². The molecule has 17 heavy (non-hydrogen) atoms. The van der Waals surface area contributed by atoms with E-state index in [1.807, 2.05) is 6.08 Å². The maximum atomic E-state index is 12.4. The molecule has 0 aliphatic carbocycles. The fourth-order valence-electron chi connectivity index (χ4n) is 1.38. The van der Waals surface area contributed by atoms with Gasteiger partial charge in [-0.3, -0.25) is 0 Å². The van der Waals surface area contributed by atoms with Crippen LogP contribution in [0.3, 0.4) is 0 Å². The van der Waals surface area contributed by atoms with Crippen molar-refractivity contribution in [3.63, 3.8) is 0 Å². The number of hydrogen-bond donors (Lipinski definition) is 1. The van der Waals surface area contributed by atoms with Crippen molar-refractivity contribution >= 4 is 6.08 Å². The van der Waals surface area contributed by atoms with Crippen LogP contribution in [0.1, 0.15) is 24.5 Å². The normalized spacial score (nSPS) is 12.2. The molecule has 0 aromatic heterocycles. The van der Waals surface area contributed by atoms with Crippen LogP contribution in [0.5, 0.6) is 0 Å². The summed E-state index contributed by atoms with van der Waals surface area (Å²) in [7, 11) is 0. The van der Waals surface area contributed by atoms with Gasteiger partial charge in [0, 0.05) is 6.54 Å². The molecule has 0 fully saturated rings. The Morgan fingerprint density at radius 1 is 1.29 bits per heavy atom. The molecule has 0 aliphatic heterocycles. The van der Waals surface area contributed by atoms with Crippen LogP contribution in [-0.4, -0.2) is 13.1 Å². The summed E-state index contributed by atoms with van der Waals surface area (Å²) in [5, 5.41) is 3.14. The SMILES string of the molecule is CCCNCC=Cc1cccc(C(F)(F)F)c1. The fourth-order valence-corrected chi connectivity index (χ4v) is 1.38. The Labute approximate surface area is 99.3 Å². The Hall–Kier alpha value is -1.29. The van der Waals surface area contributed by atoms with Gasteiger partial charge in [-0.15, -0.1) is 0 Å². The molecule has 1 rings (SSSR count). The maximum Gasteiger partial charge on any atom is 0.416 e. The second-order valence-electron chi connectivity index (χ2n) is 3.73. The van der Waals surface area contributed by atoms with E-state index in [0.717, 1.165) is 25.1 Å². The smallest absolute Gasteiger partial charge is 0.313 e. The Bertz CT molecular complexity index is 369. The van der Waals surface area contributed by atoms with Crippen LogP contribution in [0.15, 0.2) is 30.3 Å². The first kappa shape index (κ1) is 13.8. The molecule has 0 radical (unpaired) electrons. The van der Waals surface area contributed by atoms with E-state index < -0.39 is 11.7 Å². The lowest BCUT2D eigenvalue weighted by molar-refractivity contribution is -0.137. The Kier molecular flexibility index (Phi) is 5.22. The van der Waals surface area contributed by atoms with Gasteiger partial charge >= 0.3 is 6.18 Å². The third-order valence-corrected chi connectivity index (χ3v) is 2.21. The molecule has 0 atom stereocenters. The van der Waals surface area contributed by atoms with E-state index in [-0.39, 0.29) is 0 Å². The minimum atomic E-state index is -4.27. The highest BCUT2D eigenvalue weighted by Gasteiger charge is 2.30. The van der Waals surface area contributed by atoms with E-state index in [4.69, 9.17) is 0 Å². The average molecular weight is 243 g/mol. The summed E-state index contributed by atoms with van der Waals surface area (Å²) in [6.45, 7) is 3.64. The lowest BCUT2D eigenvalue weighted by Gasteiger charge is -2.06. The summed E-state index contributed by atoms with van der Waals surface area (Å²) in [5.41, 5.74) is -0.0423. The third kappa shape index (κ3) is 5.04. The highest BCUT2D eigenvalue weighted by molar-refractivity contribution is 5.50. The molecule has 1 nitrogen and oxygen atoms in total. The van der Waals surface area contributed by atoms with Crippen LogP contribution >= 0.6 is 0 Å². The highest BCUT2D eigenvalue weighted by atomic mass is 19.4. The van der Waals surface area contributed by atoms with Crippen molar-refractivity contribution in [2.45, 2.75) is 19.5 Å². The lowest BCUT2D eigenvalue weighted by Crippen LogP contribution is -2.13. The summed E-state index contributed by atoms with van der Waals surface area (Å²) < 4.78 is 37.3. The van der Waals surface area contributed by atoms with Gasteiger partial charge in [0.25, 0.3) is 0 Å². The Morgan fingerprint density at radius 2 is 2.06 bits per heavy atom. The topological polar surface area (TPSA) is 12.0 Å². The Balaban J connectivity index is 2.60. The van der Waals surface area contributed by atoms with Crippen LogP contribution in [0, 0.1) is 0 Å². The molecular weight excluding hydrogens is 227 g/mol. The van der Waals surface area contributed by atoms with E-state index in [1.54, 1.807) is 12.1 Å². The van der Waals surface area contributed by atoms with E-state index in [2.05, 4.69) is 12.2 Å². The maximum absolute atomic E-state index is 12.4. The first-order valence-corrected chi connectivity index (χ1v) is 5.58. The molecule has 0 bridgehead atoms. The van der Waals surface area contributed by atoms with Crippen LogP contribution in [0.2, 0.25) is 0 Å². The molecule has 0 amide bonds. The van der Waals surface area contributed by atoms with Crippen molar-refractivity contribution in [1.82, 2.24) is 5.32 Å². The molecular formula is C13H16F3N. The molecule has 0 saturated heterocycles. The number of nitrogens with one attached hydrogen (secondary N) is 1. The summed E-state index contributed by atoms with van der Waals surface area (Å²) >= 11 is 0. The third-order valence-electron chi connectivity index (χ3n) is 2.21. The predicted octanol–water partition coefficient (Wildman–Crippen LogP) is 3.72. The second kappa shape index (κ2) is 6.45. The number of halogens is 3. The van der Waals surface area contributed by atoms with Crippen LogP contribution in [0.4, 0.5) is 13.2 Å². The van der Waals surface area contributed by atoms with Crippen LogP contribution in [0.25, 0.3) is 6.08 Å². The number of hydrogen-bond acceptors (Lipinski definition) is 1. The van der Waals surface area contributed by atoms with Crippen LogP contribution < -0.4 is 5.32 Å². The van der Waals surface area contributed by atoms with Gasteiger partial charge in [-0.2, -0.15) is 13.2 Å². The molecule has 4 heteroatoms. The molecule has 0 unspecified atom stereocenters. The first-order chi connectivity index (χ1) is 8.04. The van der Waals surface area contributed by atoms with Crippen molar-refractivity contribution in [3.05, 3.63) is 41.5 Å². The van der Waals surface area contributed by atoms with E-state index >= 15 is 0 Å². The van der Waals surface area contributed by atoms with Crippen molar-refractivity contribution in [3.8, 4) is 0 Å². The largest absolute Gasteiger partial charge is 0.416 e. The standard InChI is InChI=1S/C13H16F3N/c1-2-8-17-9-4-6-11-5-3-7-12(10-11)13(14,15)16/h3-7,10,17H,2,8-9H2,1H3. The van der Waals surface area contributed by atoms with Gasteiger partial charge < -0.3 is 5.32 Å². The molecule has 1 aromatic carbocycles. The zero-order valence-corrected chi connectivity index (χ0v) is 9.72. The molecule has 94 valence electrons. The number of rotatable bonds is 5. The monoisotopic (exact) mass is 243 g/mol. The minimum Gasteiger partial charge on any atom is -0.313 e. The summed E-state index contributed by atoms with van der Waals surface area (Å²) in [4.78, 5) is 0. The van der Waals surface area contributed by atoms with Crippen molar-refractivity contribution in [1.29, 1.82) is 0 Å². The van der Waals surface area contributed by atoms with Gasteiger partial charge in [-0.25, -0.2) is 0 Å². The van der Waals surface area contributed by atoms with Gasteiger partial charge in [-0.05, 0) is 30.7 Å². The highest BCUT2D eigenvalue weighted by Crippen LogP contribution is 2.29. The summed E-state index contributed by atoms with van der Waals surface area (Å²) in [6.07, 6.45) is 0.282. The average Bonchev–Trinajstić information content (AvgIpc) is 2.28.